The highest BCUT2D eigenvalue weighted by Gasteiger charge is 2.14. The quantitative estimate of drug-likeness (QED) is 0.572. The summed E-state index contributed by atoms with van der Waals surface area (Å²) in [5, 5.41) is 0. The molecule has 0 aromatic heterocycles. The first-order chi connectivity index (χ1) is 4.02. The van der Waals surface area contributed by atoms with Crippen LogP contribution in [0, 0.1) is 5.41 Å². The van der Waals surface area contributed by atoms with Crippen molar-refractivity contribution in [3.8, 4) is 0 Å². The van der Waals surface area contributed by atoms with Gasteiger partial charge in [0.05, 0.1) is 0 Å². The fourth-order valence-electron chi connectivity index (χ4n) is 0.514. The first-order valence-corrected chi connectivity index (χ1v) is 4.53. The van der Waals surface area contributed by atoms with E-state index in [0.29, 0.717) is 0 Å². The second-order valence-corrected chi connectivity index (χ2v) is 3.99. The van der Waals surface area contributed by atoms with Crippen LogP contribution in [0.5, 0.6) is 0 Å². The first kappa shape index (κ1) is 9.38. The number of rotatable bonds is 1. The lowest BCUT2D eigenvalue weighted by Crippen LogP contribution is -2.05. The first-order valence-electron chi connectivity index (χ1n) is 2.87. The Morgan fingerprint density at radius 2 is 1.89 bits per heavy atom. The Morgan fingerprint density at radius 3 is 1.89 bits per heavy atom. The van der Waals surface area contributed by atoms with Crippen molar-refractivity contribution in [3.05, 3.63) is 10.4 Å². The minimum atomic E-state index is 0.209. The van der Waals surface area contributed by atoms with Gasteiger partial charge in [-0.3, -0.25) is 0 Å². The molecular weight excluding hydrogens is 152 g/mol. The monoisotopic (exact) mass is 164 g/mol. The highest BCUT2D eigenvalue weighted by atomic mass is 35.5. The van der Waals surface area contributed by atoms with Gasteiger partial charge in [0.15, 0.2) is 0 Å². The summed E-state index contributed by atoms with van der Waals surface area (Å²) in [5.41, 5.74) is 1.87. The van der Waals surface area contributed by atoms with Crippen molar-refractivity contribution in [2.75, 3.05) is 6.26 Å². The molecule has 0 aliphatic carbocycles. The van der Waals surface area contributed by atoms with E-state index < -0.39 is 0 Å². The van der Waals surface area contributed by atoms with Crippen LogP contribution in [0.2, 0.25) is 0 Å². The molecule has 0 fully saturated rings. The molecule has 0 atom stereocenters. The average Bonchev–Trinajstić information content (AvgIpc) is 1.65. The number of allylic oxidation sites excluding steroid dienone is 1. The number of hydrogen-bond acceptors (Lipinski definition) is 1. The van der Waals surface area contributed by atoms with Crippen LogP contribution in [-0.2, 0) is 0 Å². The molecular formula is C7H13ClS. The number of halogens is 1. The van der Waals surface area contributed by atoms with Crippen LogP contribution >= 0.6 is 23.4 Å². The van der Waals surface area contributed by atoms with Gasteiger partial charge in [-0.25, -0.2) is 0 Å². The smallest absolute Gasteiger partial charge is 0.0143 e. The van der Waals surface area contributed by atoms with Gasteiger partial charge in [-0.05, 0) is 11.7 Å². The Kier molecular flexibility index (Phi) is 3.67. The molecule has 0 saturated heterocycles. The van der Waals surface area contributed by atoms with Crippen LogP contribution in [0.25, 0.3) is 0 Å². The van der Waals surface area contributed by atoms with E-state index in [2.05, 4.69) is 20.8 Å². The Morgan fingerprint density at radius 1 is 1.44 bits per heavy atom. The average molecular weight is 165 g/mol. The molecule has 0 aromatic rings. The van der Waals surface area contributed by atoms with Crippen molar-refractivity contribution in [2.24, 2.45) is 5.41 Å². The summed E-state index contributed by atoms with van der Waals surface area (Å²) in [4.78, 5) is 1.23. The molecule has 0 spiro atoms. The topological polar surface area (TPSA) is 0 Å². The summed E-state index contributed by atoms with van der Waals surface area (Å²) in [6.07, 6.45) is 2.04. The van der Waals surface area contributed by atoms with Crippen LogP contribution in [0.4, 0.5) is 0 Å². The van der Waals surface area contributed by atoms with Crippen LogP contribution in [0.3, 0.4) is 0 Å². The lowest BCUT2D eigenvalue weighted by Gasteiger charge is -2.19. The van der Waals surface area contributed by atoms with Gasteiger partial charge >= 0.3 is 0 Å². The predicted octanol–water partition coefficient (Wildman–Crippen LogP) is 3.48. The third-order valence-corrected chi connectivity index (χ3v) is 2.58. The summed E-state index contributed by atoms with van der Waals surface area (Å²) < 4.78 is 0. The third-order valence-electron chi connectivity index (χ3n) is 1.06. The van der Waals surface area contributed by atoms with Gasteiger partial charge in [0, 0.05) is 10.4 Å². The summed E-state index contributed by atoms with van der Waals surface area (Å²) in [5.74, 6) is 0. The van der Waals surface area contributed by atoms with E-state index in [9.17, 15) is 0 Å². The maximum absolute atomic E-state index is 5.57. The molecule has 0 nitrogen and oxygen atoms in total. The fraction of sp³-hybridized carbons (Fsp3) is 0.714. The van der Waals surface area contributed by atoms with Gasteiger partial charge < -0.3 is 0 Å². The fourth-order valence-corrected chi connectivity index (χ4v) is 1.81. The largest absolute Gasteiger partial charge is 0.133 e. The molecule has 9 heavy (non-hydrogen) atoms. The van der Waals surface area contributed by atoms with E-state index in [1.54, 1.807) is 17.3 Å². The Balaban J connectivity index is 4.14. The van der Waals surface area contributed by atoms with Crippen molar-refractivity contribution in [3.63, 3.8) is 0 Å². The third kappa shape index (κ3) is 3.17. The Bertz CT molecular complexity index is 111. The summed E-state index contributed by atoms with van der Waals surface area (Å²) in [6.45, 7) is 6.45. The summed E-state index contributed by atoms with van der Waals surface area (Å²) >= 11 is 7.28. The molecule has 0 amide bonds. The SMILES string of the molecule is CS/C(=C\Cl)C(C)(C)C. The summed E-state index contributed by atoms with van der Waals surface area (Å²) in [6, 6.07) is 0. The Hall–Kier alpha value is 0.380. The molecule has 0 saturated carbocycles. The Labute approximate surface area is 66.7 Å². The minimum absolute atomic E-state index is 0.209. The molecule has 0 aromatic carbocycles. The summed E-state index contributed by atoms with van der Waals surface area (Å²) in [7, 11) is 0. The van der Waals surface area contributed by atoms with E-state index in [4.69, 9.17) is 11.6 Å². The zero-order chi connectivity index (χ0) is 7.49. The molecule has 0 N–H and O–H groups in total. The standard InChI is InChI=1S/C7H13ClS/c1-7(2,3)6(5-8)9-4/h5H,1-4H3/b6-5-. The molecule has 0 heterocycles. The molecule has 0 radical (unpaired) electrons. The predicted molar refractivity (Wildman–Crippen MR) is 46.9 cm³/mol. The second-order valence-electron chi connectivity index (χ2n) is 2.93. The maximum atomic E-state index is 5.57. The lowest BCUT2D eigenvalue weighted by molar-refractivity contribution is 0.534. The van der Waals surface area contributed by atoms with Crippen molar-refractivity contribution in [2.45, 2.75) is 20.8 Å². The van der Waals surface area contributed by atoms with E-state index in [-0.39, 0.29) is 5.41 Å². The molecule has 0 rings (SSSR count). The van der Waals surface area contributed by atoms with Gasteiger partial charge in [-0.1, -0.05) is 32.4 Å². The van der Waals surface area contributed by atoms with Gasteiger partial charge in [0.1, 0.15) is 0 Å². The van der Waals surface area contributed by atoms with E-state index in [1.165, 1.54) is 4.91 Å². The van der Waals surface area contributed by atoms with Crippen LogP contribution < -0.4 is 0 Å². The van der Waals surface area contributed by atoms with Crippen molar-refractivity contribution < 1.29 is 0 Å². The lowest BCUT2D eigenvalue weighted by atomic mass is 9.97. The zero-order valence-corrected chi connectivity index (χ0v) is 7.94. The van der Waals surface area contributed by atoms with Crippen LogP contribution in [0.15, 0.2) is 10.4 Å². The minimum Gasteiger partial charge on any atom is -0.133 e. The van der Waals surface area contributed by atoms with E-state index in [1.807, 2.05) is 6.26 Å². The molecule has 54 valence electrons. The van der Waals surface area contributed by atoms with E-state index >= 15 is 0 Å². The van der Waals surface area contributed by atoms with Crippen LogP contribution in [-0.4, -0.2) is 6.26 Å². The van der Waals surface area contributed by atoms with Gasteiger partial charge in [-0.15, -0.1) is 11.8 Å². The second kappa shape index (κ2) is 3.52. The molecule has 0 aliphatic heterocycles. The highest BCUT2D eigenvalue weighted by molar-refractivity contribution is 8.02. The molecule has 2 heteroatoms. The normalized spacial score (nSPS) is 14.1. The van der Waals surface area contributed by atoms with Gasteiger partial charge in [-0.2, -0.15) is 0 Å². The highest BCUT2D eigenvalue weighted by Crippen LogP contribution is 2.33. The van der Waals surface area contributed by atoms with Crippen molar-refractivity contribution >= 4 is 23.4 Å². The molecule has 0 aliphatic rings. The molecule has 0 bridgehead atoms. The molecule has 0 unspecified atom stereocenters. The van der Waals surface area contributed by atoms with Crippen LogP contribution in [0.1, 0.15) is 20.8 Å². The van der Waals surface area contributed by atoms with Gasteiger partial charge in [0.2, 0.25) is 0 Å². The van der Waals surface area contributed by atoms with Crippen molar-refractivity contribution in [1.82, 2.24) is 0 Å². The number of hydrogen-bond donors (Lipinski definition) is 0. The zero-order valence-electron chi connectivity index (χ0n) is 6.36. The van der Waals surface area contributed by atoms with E-state index in [0.717, 1.165) is 0 Å². The van der Waals surface area contributed by atoms with Crippen molar-refractivity contribution in [1.29, 1.82) is 0 Å². The number of thioether (sulfide) groups is 1. The van der Waals surface area contributed by atoms with Gasteiger partial charge in [0.25, 0.3) is 0 Å². The maximum Gasteiger partial charge on any atom is 0.0143 e.